The van der Waals surface area contributed by atoms with Crippen LogP contribution in [0, 0.1) is 5.82 Å². The summed E-state index contributed by atoms with van der Waals surface area (Å²) in [6.45, 7) is 0. The molecule has 0 spiro atoms. The zero-order valence-electron chi connectivity index (χ0n) is 14.3. The Balaban J connectivity index is 1.86. The van der Waals surface area contributed by atoms with Crippen LogP contribution in [0.25, 0.3) is 0 Å². The topological polar surface area (TPSA) is 83.4 Å². The summed E-state index contributed by atoms with van der Waals surface area (Å²) in [6, 6.07) is 7.87. The summed E-state index contributed by atoms with van der Waals surface area (Å²) in [4.78, 5) is 27.6. The normalized spacial score (nSPS) is 16.9. The first kappa shape index (κ1) is 18.8. The minimum atomic E-state index is -0.926. The Hall–Kier alpha value is -2.56. The zero-order valence-corrected chi connectivity index (χ0v) is 16.8. The van der Waals surface area contributed by atoms with Crippen molar-refractivity contribution in [2.24, 2.45) is 0 Å². The van der Waals surface area contributed by atoms with E-state index < -0.39 is 29.3 Å². The van der Waals surface area contributed by atoms with Gasteiger partial charge in [0.1, 0.15) is 5.82 Å². The van der Waals surface area contributed by atoms with Crippen LogP contribution in [0.4, 0.5) is 9.52 Å². The molecular formula is C18H12FN3O3S3. The van der Waals surface area contributed by atoms with Crippen LogP contribution < -0.4 is 4.90 Å². The van der Waals surface area contributed by atoms with Gasteiger partial charge in [0.05, 0.1) is 16.5 Å². The number of ketones is 1. The average Bonchev–Trinajstić information content (AvgIpc) is 3.43. The molecule has 1 amide bonds. The number of halogens is 1. The second-order valence-corrected chi connectivity index (χ2v) is 8.71. The molecule has 0 fully saturated rings. The lowest BCUT2D eigenvalue weighted by Gasteiger charge is -2.23. The minimum absolute atomic E-state index is 0.0556. The number of carbonyl (C=O) groups is 2. The Bertz CT molecular complexity index is 1080. The zero-order chi connectivity index (χ0) is 19.8. The lowest BCUT2D eigenvalue weighted by molar-refractivity contribution is -0.117. The smallest absolute Gasteiger partial charge is 0.296 e. The van der Waals surface area contributed by atoms with E-state index in [9.17, 15) is 19.1 Å². The summed E-state index contributed by atoms with van der Waals surface area (Å²) in [5, 5.41) is 20.6. The van der Waals surface area contributed by atoms with Crippen LogP contribution >= 0.6 is 34.4 Å². The summed E-state index contributed by atoms with van der Waals surface area (Å²) >= 11 is 3.76. The maximum absolute atomic E-state index is 13.4. The number of aliphatic hydroxyl groups is 1. The Labute approximate surface area is 171 Å². The molecule has 28 heavy (non-hydrogen) atoms. The minimum Gasteiger partial charge on any atom is -0.503 e. The molecule has 4 rings (SSSR count). The number of anilines is 1. The van der Waals surface area contributed by atoms with E-state index in [0.717, 1.165) is 0 Å². The molecule has 0 radical (unpaired) electrons. The van der Waals surface area contributed by atoms with Gasteiger partial charge >= 0.3 is 0 Å². The number of aliphatic hydroxyl groups excluding tert-OH is 1. The van der Waals surface area contributed by atoms with Crippen molar-refractivity contribution in [1.29, 1.82) is 0 Å². The van der Waals surface area contributed by atoms with Crippen LogP contribution in [-0.4, -0.2) is 33.3 Å². The van der Waals surface area contributed by atoms with E-state index in [1.54, 1.807) is 17.5 Å². The number of benzene rings is 1. The third-order valence-corrected chi connectivity index (χ3v) is 6.93. The Kier molecular flexibility index (Phi) is 5.00. The summed E-state index contributed by atoms with van der Waals surface area (Å²) in [6.07, 6.45) is 1.83. The maximum Gasteiger partial charge on any atom is 0.296 e. The van der Waals surface area contributed by atoms with Crippen molar-refractivity contribution in [2.45, 2.75) is 10.4 Å². The van der Waals surface area contributed by atoms with Crippen LogP contribution in [0.15, 0.2) is 57.5 Å². The van der Waals surface area contributed by atoms with Crippen molar-refractivity contribution >= 4 is 51.3 Å². The fraction of sp³-hybridized carbons (Fsp3) is 0.111. The molecule has 0 aliphatic carbocycles. The van der Waals surface area contributed by atoms with Crippen LogP contribution in [0.5, 0.6) is 0 Å². The van der Waals surface area contributed by atoms with Gasteiger partial charge in [0, 0.05) is 0 Å². The van der Waals surface area contributed by atoms with E-state index in [0.29, 0.717) is 14.8 Å². The second-order valence-electron chi connectivity index (χ2n) is 5.75. The molecule has 10 heteroatoms. The first-order valence-corrected chi connectivity index (χ1v) is 10.9. The molecule has 1 aromatic carbocycles. The van der Waals surface area contributed by atoms with E-state index in [1.807, 2.05) is 6.26 Å². The summed E-state index contributed by atoms with van der Waals surface area (Å²) in [5.41, 5.74) is 0.430. The van der Waals surface area contributed by atoms with Gasteiger partial charge in [0.2, 0.25) is 10.9 Å². The SMILES string of the molecule is CSc1nnc(N2C(=O)C(O)=C(C(=O)c3cccs3)[C@H]2c2ccc(F)cc2)s1. The average molecular weight is 434 g/mol. The Morgan fingerprint density at radius 1 is 1.25 bits per heavy atom. The van der Waals surface area contributed by atoms with Crippen LogP contribution in [-0.2, 0) is 4.79 Å². The molecule has 3 aromatic rings. The third kappa shape index (κ3) is 3.13. The number of rotatable bonds is 5. The number of hydrogen-bond acceptors (Lipinski definition) is 8. The van der Waals surface area contributed by atoms with E-state index in [4.69, 9.17) is 0 Å². The number of Topliss-reactive ketones (excluding diaryl/α,β-unsaturated/α-hetero) is 1. The highest BCUT2D eigenvalue weighted by Crippen LogP contribution is 2.43. The highest BCUT2D eigenvalue weighted by Gasteiger charge is 2.46. The maximum atomic E-state index is 13.4. The van der Waals surface area contributed by atoms with E-state index in [2.05, 4.69) is 10.2 Å². The molecule has 0 saturated carbocycles. The van der Waals surface area contributed by atoms with E-state index in [1.165, 1.54) is 63.6 Å². The van der Waals surface area contributed by atoms with Crippen molar-refractivity contribution in [2.75, 3.05) is 11.2 Å². The van der Waals surface area contributed by atoms with Crippen LogP contribution in [0.3, 0.4) is 0 Å². The molecule has 142 valence electrons. The summed E-state index contributed by atoms with van der Waals surface area (Å²) < 4.78 is 14.1. The predicted octanol–water partition coefficient (Wildman–Crippen LogP) is 4.24. The monoisotopic (exact) mass is 433 g/mol. The van der Waals surface area contributed by atoms with Crippen molar-refractivity contribution < 1.29 is 19.1 Å². The number of thioether (sulfide) groups is 1. The lowest BCUT2D eigenvalue weighted by Crippen LogP contribution is -2.31. The van der Waals surface area contributed by atoms with Crippen molar-refractivity contribution in [3.8, 4) is 0 Å². The van der Waals surface area contributed by atoms with Crippen LogP contribution in [0.2, 0.25) is 0 Å². The van der Waals surface area contributed by atoms with Crippen molar-refractivity contribution in [3.05, 3.63) is 69.4 Å². The number of amides is 1. The molecular weight excluding hydrogens is 421 g/mol. The van der Waals surface area contributed by atoms with Gasteiger partial charge in [-0.25, -0.2) is 4.39 Å². The number of carbonyl (C=O) groups excluding carboxylic acids is 2. The number of aromatic nitrogens is 2. The van der Waals surface area contributed by atoms with Gasteiger partial charge in [-0.3, -0.25) is 14.5 Å². The summed E-state index contributed by atoms with van der Waals surface area (Å²) in [5.74, 6) is -2.27. The molecule has 1 aliphatic heterocycles. The van der Waals surface area contributed by atoms with Gasteiger partial charge in [-0.15, -0.1) is 21.5 Å². The molecule has 1 atom stereocenters. The number of thiophene rings is 1. The molecule has 0 bridgehead atoms. The third-order valence-electron chi connectivity index (χ3n) is 4.16. The molecule has 2 aromatic heterocycles. The van der Waals surface area contributed by atoms with Gasteiger partial charge in [-0.1, -0.05) is 41.3 Å². The Morgan fingerprint density at radius 3 is 2.61 bits per heavy atom. The first-order chi connectivity index (χ1) is 13.5. The molecule has 1 aliphatic rings. The highest BCUT2D eigenvalue weighted by atomic mass is 32.2. The van der Waals surface area contributed by atoms with Gasteiger partial charge in [-0.05, 0) is 35.4 Å². The van der Waals surface area contributed by atoms with Crippen molar-refractivity contribution in [3.63, 3.8) is 0 Å². The lowest BCUT2D eigenvalue weighted by atomic mass is 9.95. The predicted molar refractivity (Wildman–Crippen MR) is 107 cm³/mol. The Morgan fingerprint density at radius 2 is 2.00 bits per heavy atom. The number of hydrogen-bond donors (Lipinski definition) is 1. The van der Waals surface area contributed by atoms with E-state index >= 15 is 0 Å². The van der Waals surface area contributed by atoms with Gasteiger partial charge in [0.25, 0.3) is 5.91 Å². The standard InChI is InChI=1S/C18H12FN3O3S3/c1-26-18-21-20-17(28-18)22-13(9-4-6-10(19)7-5-9)12(15(24)16(22)25)14(23)11-3-2-8-27-11/h2-8,13,24H,1H3/t13-/m1/s1. The van der Waals surface area contributed by atoms with Gasteiger partial charge in [-0.2, -0.15) is 0 Å². The molecule has 6 nitrogen and oxygen atoms in total. The van der Waals surface area contributed by atoms with Crippen molar-refractivity contribution in [1.82, 2.24) is 10.2 Å². The fourth-order valence-electron chi connectivity index (χ4n) is 2.92. The number of nitrogens with zero attached hydrogens (tertiary/aromatic N) is 3. The molecule has 0 saturated heterocycles. The van der Waals surface area contributed by atoms with Gasteiger partial charge < -0.3 is 5.11 Å². The molecule has 0 unspecified atom stereocenters. The largest absolute Gasteiger partial charge is 0.503 e. The quantitative estimate of drug-likeness (QED) is 0.368. The molecule has 1 N–H and O–H groups in total. The van der Waals surface area contributed by atoms with Gasteiger partial charge in [0.15, 0.2) is 10.1 Å². The second kappa shape index (κ2) is 7.46. The van der Waals surface area contributed by atoms with Crippen LogP contribution in [0.1, 0.15) is 21.3 Å². The molecule has 3 heterocycles. The first-order valence-electron chi connectivity index (χ1n) is 7.99. The van der Waals surface area contributed by atoms with E-state index in [-0.39, 0.29) is 10.7 Å². The summed E-state index contributed by atoms with van der Waals surface area (Å²) in [7, 11) is 0. The highest BCUT2D eigenvalue weighted by molar-refractivity contribution is 8.00. The fourth-order valence-corrected chi connectivity index (χ4v) is 4.88.